The molecule has 1 aromatic rings. The van der Waals surface area contributed by atoms with Crippen LogP contribution in [-0.2, 0) is 9.84 Å². The maximum absolute atomic E-state index is 12.0. The van der Waals surface area contributed by atoms with Crippen LogP contribution in [-0.4, -0.2) is 33.4 Å². The van der Waals surface area contributed by atoms with Crippen LogP contribution in [0, 0.1) is 0 Å². The molecule has 0 bridgehead atoms. The SMILES string of the molecule is CCS(=O)(=O)c1ccccc1OCCC1CCCCN1. The van der Waals surface area contributed by atoms with Gasteiger partial charge < -0.3 is 10.1 Å². The van der Waals surface area contributed by atoms with Crippen molar-refractivity contribution >= 4 is 9.84 Å². The lowest BCUT2D eigenvalue weighted by atomic mass is 10.0. The van der Waals surface area contributed by atoms with Crippen LogP contribution in [0.4, 0.5) is 0 Å². The Hall–Kier alpha value is -1.07. The van der Waals surface area contributed by atoms with E-state index in [2.05, 4.69) is 5.32 Å². The predicted octanol–water partition coefficient (Wildman–Crippen LogP) is 2.39. The molecule has 0 saturated carbocycles. The summed E-state index contributed by atoms with van der Waals surface area (Å²) in [5.74, 6) is 0.572. The summed E-state index contributed by atoms with van der Waals surface area (Å²) < 4.78 is 29.7. The van der Waals surface area contributed by atoms with Gasteiger partial charge in [-0.2, -0.15) is 0 Å². The van der Waals surface area contributed by atoms with Gasteiger partial charge in [-0.25, -0.2) is 8.42 Å². The highest BCUT2D eigenvalue weighted by molar-refractivity contribution is 7.91. The number of hydrogen-bond donors (Lipinski definition) is 1. The second-order valence-electron chi connectivity index (χ2n) is 5.13. The van der Waals surface area contributed by atoms with Crippen LogP contribution in [0.1, 0.15) is 32.6 Å². The highest BCUT2D eigenvalue weighted by Gasteiger charge is 2.18. The van der Waals surface area contributed by atoms with Gasteiger partial charge in [0.25, 0.3) is 0 Å². The van der Waals surface area contributed by atoms with Crippen LogP contribution < -0.4 is 10.1 Å². The van der Waals surface area contributed by atoms with Crippen molar-refractivity contribution in [3.63, 3.8) is 0 Å². The van der Waals surface area contributed by atoms with E-state index in [1.54, 1.807) is 25.1 Å². The Morgan fingerprint density at radius 2 is 2.10 bits per heavy atom. The van der Waals surface area contributed by atoms with Crippen LogP contribution in [0.15, 0.2) is 29.2 Å². The zero-order valence-corrected chi connectivity index (χ0v) is 12.8. The largest absolute Gasteiger partial charge is 0.492 e. The monoisotopic (exact) mass is 297 g/mol. The minimum Gasteiger partial charge on any atom is -0.492 e. The summed E-state index contributed by atoms with van der Waals surface area (Å²) in [4.78, 5) is 0.305. The van der Waals surface area contributed by atoms with Crippen molar-refractivity contribution in [3.05, 3.63) is 24.3 Å². The number of benzene rings is 1. The molecular weight excluding hydrogens is 274 g/mol. The van der Waals surface area contributed by atoms with Gasteiger partial charge in [0.2, 0.25) is 0 Å². The summed E-state index contributed by atoms with van der Waals surface area (Å²) in [5.41, 5.74) is 0. The van der Waals surface area contributed by atoms with Crippen molar-refractivity contribution in [1.29, 1.82) is 0 Å². The second-order valence-corrected chi connectivity index (χ2v) is 7.38. The Kier molecular flexibility index (Phi) is 5.43. The van der Waals surface area contributed by atoms with E-state index in [1.165, 1.54) is 19.3 Å². The number of rotatable bonds is 6. The fourth-order valence-electron chi connectivity index (χ4n) is 2.46. The molecule has 1 heterocycles. The maximum Gasteiger partial charge on any atom is 0.181 e. The molecule has 112 valence electrons. The summed E-state index contributed by atoms with van der Waals surface area (Å²) >= 11 is 0. The zero-order chi connectivity index (χ0) is 14.4. The molecule has 1 fully saturated rings. The van der Waals surface area contributed by atoms with Gasteiger partial charge in [-0.05, 0) is 37.9 Å². The molecule has 0 aliphatic carbocycles. The first-order valence-corrected chi connectivity index (χ1v) is 8.96. The van der Waals surface area contributed by atoms with Gasteiger partial charge in [-0.15, -0.1) is 0 Å². The van der Waals surface area contributed by atoms with Gasteiger partial charge in [0.15, 0.2) is 9.84 Å². The standard InChI is InChI=1S/C15H23NO3S/c1-2-20(17,18)15-9-4-3-8-14(15)19-12-10-13-7-5-6-11-16-13/h3-4,8-9,13,16H,2,5-7,10-12H2,1H3. The van der Waals surface area contributed by atoms with Crippen molar-refractivity contribution in [2.75, 3.05) is 18.9 Å². The molecule has 1 N–H and O–H groups in total. The Morgan fingerprint density at radius 1 is 1.30 bits per heavy atom. The number of nitrogens with one attached hydrogen (secondary N) is 1. The quantitative estimate of drug-likeness (QED) is 0.876. The lowest BCUT2D eigenvalue weighted by Crippen LogP contribution is -2.35. The van der Waals surface area contributed by atoms with Gasteiger partial charge in [0.1, 0.15) is 10.6 Å². The Morgan fingerprint density at radius 3 is 2.80 bits per heavy atom. The molecule has 0 radical (unpaired) electrons. The molecule has 2 rings (SSSR count). The highest BCUT2D eigenvalue weighted by Crippen LogP contribution is 2.24. The van der Waals surface area contributed by atoms with Crippen molar-refractivity contribution in [3.8, 4) is 5.75 Å². The second kappa shape index (κ2) is 7.09. The summed E-state index contributed by atoms with van der Waals surface area (Å²) in [6.45, 7) is 3.28. The number of sulfone groups is 1. The zero-order valence-electron chi connectivity index (χ0n) is 12.0. The smallest absolute Gasteiger partial charge is 0.181 e. The molecular formula is C15H23NO3S. The number of para-hydroxylation sites is 1. The van der Waals surface area contributed by atoms with Crippen LogP contribution in [0.5, 0.6) is 5.75 Å². The van der Waals surface area contributed by atoms with E-state index in [0.29, 0.717) is 23.3 Å². The van der Waals surface area contributed by atoms with E-state index in [0.717, 1.165) is 13.0 Å². The normalized spacial score (nSPS) is 19.8. The predicted molar refractivity (Wildman–Crippen MR) is 79.9 cm³/mol. The van der Waals surface area contributed by atoms with Crippen LogP contribution >= 0.6 is 0 Å². The summed E-state index contributed by atoms with van der Waals surface area (Å²) in [7, 11) is -3.22. The van der Waals surface area contributed by atoms with E-state index in [4.69, 9.17) is 4.74 Å². The van der Waals surface area contributed by atoms with Gasteiger partial charge >= 0.3 is 0 Å². The number of hydrogen-bond acceptors (Lipinski definition) is 4. The molecule has 1 aliphatic heterocycles. The molecule has 1 atom stereocenters. The third kappa shape index (κ3) is 3.96. The van der Waals surface area contributed by atoms with Crippen molar-refractivity contribution in [2.45, 2.75) is 43.5 Å². The minimum absolute atomic E-state index is 0.0948. The molecule has 1 saturated heterocycles. The Labute approximate surface area is 121 Å². The van der Waals surface area contributed by atoms with Crippen molar-refractivity contribution in [2.24, 2.45) is 0 Å². The molecule has 0 amide bonds. The summed E-state index contributed by atoms with van der Waals surface area (Å²) in [6.07, 6.45) is 4.60. The molecule has 1 unspecified atom stereocenters. The first kappa shape index (κ1) is 15.3. The minimum atomic E-state index is -3.22. The molecule has 1 aromatic carbocycles. The molecule has 5 heteroatoms. The van der Waals surface area contributed by atoms with Crippen LogP contribution in [0.2, 0.25) is 0 Å². The van der Waals surface area contributed by atoms with Crippen LogP contribution in [0.3, 0.4) is 0 Å². The van der Waals surface area contributed by atoms with Gasteiger partial charge in [0, 0.05) is 6.04 Å². The average Bonchev–Trinajstić information content (AvgIpc) is 2.49. The number of piperidine rings is 1. The Bertz CT molecular complexity index is 522. The van der Waals surface area contributed by atoms with E-state index >= 15 is 0 Å². The van der Waals surface area contributed by atoms with E-state index in [9.17, 15) is 8.42 Å². The molecule has 1 aliphatic rings. The fourth-order valence-corrected chi connectivity index (χ4v) is 3.49. The highest BCUT2D eigenvalue weighted by atomic mass is 32.2. The van der Waals surface area contributed by atoms with E-state index in [1.807, 2.05) is 6.07 Å². The molecule has 0 aromatic heterocycles. The van der Waals surface area contributed by atoms with E-state index in [-0.39, 0.29) is 5.75 Å². The lowest BCUT2D eigenvalue weighted by molar-refractivity contribution is 0.263. The van der Waals surface area contributed by atoms with E-state index < -0.39 is 9.84 Å². The van der Waals surface area contributed by atoms with Crippen molar-refractivity contribution in [1.82, 2.24) is 5.32 Å². The van der Waals surface area contributed by atoms with Crippen molar-refractivity contribution < 1.29 is 13.2 Å². The maximum atomic E-state index is 12.0. The average molecular weight is 297 g/mol. The van der Waals surface area contributed by atoms with Crippen LogP contribution in [0.25, 0.3) is 0 Å². The third-order valence-electron chi connectivity index (χ3n) is 3.70. The van der Waals surface area contributed by atoms with Gasteiger partial charge in [-0.3, -0.25) is 0 Å². The topological polar surface area (TPSA) is 55.4 Å². The first-order chi connectivity index (χ1) is 9.63. The molecule has 0 spiro atoms. The number of ether oxygens (including phenoxy) is 1. The van der Waals surface area contributed by atoms with Gasteiger partial charge in [0.05, 0.1) is 12.4 Å². The molecule has 20 heavy (non-hydrogen) atoms. The van der Waals surface area contributed by atoms with Gasteiger partial charge in [-0.1, -0.05) is 25.5 Å². The summed E-state index contributed by atoms with van der Waals surface area (Å²) in [5, 5.41) is 3.46. The fraction of sp³-hybridized carbons (Fsp3) is 0.600. The molecule has 4 nitrogen and oxygen atoms in total. The Balaban J connectivity index is 1.95. The first-order valence-electron chi connectivity index (χ1n) is 7.31. The lowest BCUT2D eigenvalue weighted by Gasteiger charge is -2.23. The summed E-state index contributed by atoms with van der Waals surface area (Å²) in [6, 6.07) is 7.39. The third-order valence-corrected chi connectivity index (χ3v) is 5.47.